The lowest BCUT2D eigenvalue weighted by Gasteiger charge is -2.34. The Morgan fingerprint density at radius 3 is 2.68 bits per heavy atom. The molecule has 1 spiro atoms. The molecule has 4 aliphatic heterocycles. The molecule has 4 rings (SSSR count). The van der Waals surface area contributed by atoms with Crippen LogP contribution < -0.4 is 5.32 Å². The van der Waals surface area contributed by atoms with Crippen LogP contribution in [0.3, 0.4) is 0 Å². The predicted molar refractivity (Wildman–Crippen MR) is 122 cm³/mol. The monoisotopic (exact) mass is 481 g/mol. The Morgan fingerprint density at radius 1 is 1.18 bits per heavy atom. The van der Waals surface area contributed by atoms with Crippen molar-refractivity contribution >= 4 is 17.8 Å². The Balaban J connectivity index is 1.48. The molecule has 4 heterocycles. The fraction of sp³-hybridized carbons (Fsp3) is 0.875. The van der Waals surface area contributed by atoms with Crippen LogP contribution in [-0.2, 0) is 28.6 Å². The van der Waals surface area contributed by atoms with E-state index in [-0.39, 0.29) is 31.1 Å². The van der Waals surface area contributed by atoms with Gasteiger partial charge >= 0.3 is 5.97 Å². The maximum absolute atomic E-state index is 13.6. The van der Waals surface area contributed by atoms with Crippen LogP contribution in [0.15, 0.2) is 0 Å². The number of ether oxygens (including phenoxy) is 3. The van der Waals surface area contributed by atoms with Crippen molar-refractivity contribution in [1.82, 2.24) is 15.1 Å². The maximum atomic E-state index is 13.6. The molecule has 2 unspecified atom stereocenters. The molecule has 0 aromatic carbocycles. The molecule has 2 bridgehead atoms. The average molecular weight is 482 g/mol. The third-order valence-electron chi connectivity index (χ3n) is 7.75. The van der Waals surface area contributed by atoms with E-state index in [9.17, 15) is 14.4 Å². The van der Waals surface area contributed by atoms with Gasteiger partial charge in [0, 0.05) is 39.3 Å². The summed E-state index contributed by atoms with van der Waals surface area (Å²) in [4.78, 5) is 43.8. The number of unbranched alkanes of at least 4 members (excludes halogenated alkanes) is 3. The first-order valence-corrected chi connectivity index (χ1v) is 12.9. The van der Waals surface area contributed by atoms with Gasteiger partial charge < -0.3 is 29.5 Å². The van der Waals surface area contributed by atoms with Gasteiger partial charge in [-0.25, -0.2) is 0 Å². The molecule has 4 saturated heterocycles. The van der Waals surface area contributed by atoms with E-state index in [4.69, 9.17) is 19.3 Å². The van der Waals surface area contributed by atoms with Crippen LogP contribution in [0.4, 0.5) is 0 Å². The predicted octanol–water partition coefficient (Wildman–Crippen LogP) is -0.0748. The molecule has 0 radical (unpaired) electrons. The van der Waals surface area contributed by atoms with Crippen LogP contribution in [0, 0.1) is 11.8 Å². The highest BCUT2D eigenvalue weighted by atomic mass is 16.6. The summed E-state index contributed by atoms with van der Waals surface area (Å²) < 4.78 is 17.0. The number of nitrogens with zero attached hydrogens (tertiary/aromatic N) is 2. The second-order valence-corrected chi connectivity index (χ2v) is 9.72. The van der Waals surface area contributed by atoms with E-state index in [1.807, 2.05) is 0 Å². The number of likely N-dealkylation sites (tertiary alicyclic amines) is 1. The number of carbonyl (C=O) groups excluding carboxylic acids is 3. The first kappa shape index (κ1) is 25.3. The summed E-state index contributed by atoms with van der Waals surface area (Å²) in [6.45, 7) is 6.88. The first-order chi connectivity index (χ1) is 16.5. The van der Waals surface area contributed by atoms with Crippen molar-refractivity contribution in [2.24, 2.45) is 11.8 Å². The molecule has 5 atom stereocenters. The molecule has 34 heavy (non-hydrogen) atoms. The second-order valence-electron chi connectivity index (χ2n) is 9.72. The van der Waals surface area contributed by atoms with E-state index in [0.29, 0.717) is 39.1 Å². The van der Waals surface area contributed by atoms with Crippen molar-refractivity contribution in [2.75, 3.05) is 59.2 Å². The van der Waals surface area contributed by atoms with Crippen LogP contribution >= 0.6 is 0 Å². The minimum Gasteiger partial charge on any atom is -0.466 e. The van der Waals surface area contributed by atoms with E-state index in [1.165, 1.54) is 0 Å². The largest absolute Gasteiger partial charge is 0.466 e. The molecule has 0 aromatic heterocycles. The van der Waals surface area contributed by atoms with Crippen LogP contribution in [-0.4, -0.2) is 110 Å². The summed E-state index contributed by atoms with van der Waals surface area (Å²) in [5.74, 6) is -2.09. The van der Waals surface area contributed by atoms with Gasteiger partial charge in [-0.1, -0.05) is 12.8 Å². The summed E-state index contributed by atoms with van der Waals surface area (Å²) in [6.07, 6.45) is 4.05. The Bertz CT molecular complexity index is 744. The number of esters is 1. The lowest BCUT2D eigenvalue weighted by molar-refractivity contribution is -0.154. The SMILES string of the molecule is CCOC(=O)[C@@H]1[C@@H]2CCC3(O2)C(C(=O)NCCN2CCOCC2)N(CCCCCCO)C(=O)[C@H]13. The standard InChI is InChI=1S/C24H39N3O7/c1-2-33-23(31)18-17-7-8-24(34-17)19(18)22(30)27(10-5-3-4-6-14-28)20(24)21(29)25-9-11-26-12-15-32-16-13-26/h17-20,28H,2-16H2,1H3,(H,25,29)/t17-,18+,19-,20?,24?/m0/s1. The van der Waals surface area contributed by atoms with E-state index < -0.39 is 29.4 Å². The van der Waals surface area contributed by atoms with Crippen LogP contribution in [0.2, 0.25) is 0 Å². The van der Waals surface area contributed by atoms with Crippen molar-refractivity contribution in [2.45, 2.75) is 63.2 Å². The number of nitrogens with one attached hydrogen (secondary N) is 1. The topological polar surface area (TPSA) is 118 Å². The Kier molecular flexibility index (Phi) is 8.44. The van der Waals surface area contributed by atoms with Gasteiger partial charge in [0.15, 0.2) is 0 Å². The quantitative estimate of drug-likeness (QED) is 0.294. The summed E-state index contributed by atoms with van der Waals surface area (Å²) in [5, 5.41) is 12.1. The van der Waals surface area contributed by atoms with Gasteiger partial charge in [-0.05, 0) is 32.6 Å². The van der Waals surface area contributed by atoms with E-state index >= 15 is 0 Å². The fourth-order valence-electron chi connectivity index (χ4n) is 6.21. The van der Waals surface area contributed by atoms with E-state index in [0.717, 1.165) is 45.3 Å². The van der Waals surface area contributed by atoms with Crippen molar-refractivity contribution in [1.29, 1.82) is 0 Å². The van der Waals surface area contributed by atoms with Gasteiger partial charge in [0.05, 0.1) is 37.8 Å². The smallest absolute Gasteiger partial charge is 0.312 e. The zero-order valence-electron chi connectivity index (χ0n) is 20.2. The highest BCUT2D eigenvalue weighted by Gasteiger charge is 2.74. The summed E-state index contributed by atoms with van der Waals surface area (Å²) in [5.41, 5.74) is -0.965. The summed E-state index contributed by atoms with van der Waals surface area (Å²) in [7, 11) is 0. The van der Waals surface area contributed by atoms with Crippen molar-refractivity contribution in [3.8, 4) is 0 Å². The fourth-order valence-corrected chi connectivity index (χ4v) is 6.21. The van der Waals surface area contributed by atoms with Crippen molar-refractivity contribution in [3.63, 3.8) is 0 Å². The molecular formula is C24H39N3O7. The Morgan fingerprint density at radius 2 is 1.94 bits per heavy atom. The van der Waals surface area contributed by atoms with Gasteiger partial charge in [-0.15, -0.1) is 0 Å². The lowest BCUT2D eigenvalue weighted by atomic mass is 9.71. The van der Waals surface area contributed by atoms with Crippen molar-refractivity contribution in [3.05, 3.63) is 0 Å². The van der Waals surface area contributed by atoms with Crippen LogP contribution in [0.1, 0.15) is 45.4 Å². The van der Waals surface area contributed by atoms with Crippen molar-refractivity contribution < 1.29 is 33.7 Å². The number of hydrogen-bond donors (Lipinski definition) is 2. The number of amides is 2. The maximum Gasteiger partial charge on any atom is 0.312 e. The minimum absolute atomic E-state index is 0.151. The van der Waals surface area contributed by atoms with Gasteiger partial charge in [0.1, 0.15) is 11.6 Å². The van der Waals surface area contributed by atoms with E-state index in [2.05, 4.69) is 10.2 Å². The molecule has 4 aliphatic rings. The number of fused-ring (bicyclic) bond motifs is 1. The number of morpholine rings is 1. The highest BCUT2D eigenvalue weighted by Crippen LogP contribution is 2.58. The number of hydrogen-bond acceptors (Lipinski definition) is 8. The third kappa shape index (κ3) is 4.82. The summed E-state index contributed by atoms with van der Waals surface area (Å²) >= 11 is 0. The lowest BCUT2D eigenvalue weighted by Crippen LogP contribution is -2.56. The minimum atomic E-state index is -0.965. The zero-order valence-corrected chi connectivity index (χ0v) is 20.2. The number of aliphatic hydroxyl groups excluding tert-OH is 1. The Hall–Kier alpha value is -1.75. The summed E-state index contributed by atoms with van der Waals surface area (Å²) in [6, 6.07) is -0.739. The average Bonchev–Trinajstić information content (AvgIpc) is 3.47. The molecule has 0 aromatic rings. The molecular weight excluding hydrogens is 442 g/mol. The molecule has 2 N–H and O–H groups in total. The molecule has 10 heteroatoms. The number of carbonyl (C=O) groups is 3. The normalized spacial score (nSPS) is 32.8. The van der Waals surface area contributed by atoms with Gasteiger partial charge in [0.25, 0.3) is 0 Å². The Labute approximate surface area is 201 Å². The molecule has 192 valence electrons. The first-order valence-electron chi connectivity index (χ1n) is 12.9. The molecule has 4 fully saturated rings. The molecule has 2 amide bonds. The van der Waals surface area contributed by atoms with Gasteiger partial charge in [0.2, 0.25) is 11.8 Å². The third-order valence-corrected chi connectivity index (χ3v) is 7.75. The van der Waals surface area contributed by atoms with Gasteiger partial charge in [-0.3, -0.25) is 19.3 Å². The van der Waals surface area contributed by atoms with E-state index in [1.54, 1.807) is 11.8 Å². The highest BCUT2D eigenvalue weighted by molar-refractivity contribution is 5.98. The second kappa shape index (κ2) is 11.3. The number of aliphatic hydroxyl groups is 1. The van der Waals surface area contributed by atoms with Crippen LogP contribution in [0.25, 0.3) is 0 Å². The molecule has 0 aliphatic carbocycles. The zero-order chi connectivity index (χ0) is 24.1. The van der Waals surface area contributed by atoms with Crippen LogP contribution in [0.5, 0.6) is 0 Å². The molecule has 10 nitrogen and oxygen atoms in total. The molecule has 0 saturated carbocycles. The number of rotatable bonds is 12. The van der Waals surface area contributed by atoms with Gasteiger partial charge in [-0.2, -0.15) is 0 Å².